The number of aliphatic carboxylic acids is 1. The summed E-state index contributed by atoms with van der Waals surface area (Å²) >= 11 is 0. The van der Waals surface area contributed by atoms with Crippen molar-refractivity contribution in [2.45, 2.75) is 24.8 Å². The van der Waals surface area contributed by atoms with Crippen LogP contribution in [0.2, 0.25) is 0 Å². The first-order valence-electron chi connectivity index (χ1n) is 8.77. The van der Waals surface area contributed by atoms with Crippen LogP contribution in [-0.2, 0) is 16.8 Å². The van der Waals surface area contributed by atoms with Crippen molar-refractivity contribution in [3.63, 3.8) is 0 Å². The van der Waals surface area contributed by atoms with Gasteiger partial charge in [-0.05, 0) is 24.5 Å². The van der Waals surface area contributed by atoms with Crippen LogP contribution in [0.4, 0.5) is 5.95 Å². The fourth-order valence-electron chi connectivity index (χ4n) is 3.04. The minimum absolute atomic E-state index is 0.133. The molecule has 0 saturated heterocycles. The van der Waals surface area contributed by atoms with E-state index in [4.69, 9.17) is 5.11 Å². The highest BCUT2D eigenvalue weighted by molar-refractivity contribution is 6.08. The van der Waals surface area contributed by atoms with E-state index in [9.17, 15) is 9.59 Å². The molecule has 1 aromatic carbocycles. The molecule has 1 fully saturated rings. The van der Waals surface area contributed by atoms with Crippen molar-refractivity contribution >= 4 is 17.7 Å². The second-order valence-corrected chi connectivity index (χ2v) is 6.73. The molecule has 2 N–H and O–H groups in total. The molecule has 2 aromatic heterocycles. The summed E-state index contributed by atoms with van der Waals surface area (Å²) in [7, 11) is 0. The molecule has 8 nitrogen and oxygen atoms in total. The van der Waals surface area contributed by atoms with Crippen LogP contribution < -0.4 is 5.32 Å². The van der Waals surface area contributed by atoms with Gasteiger partial charge in [0.2, 0.25) is 5.95 Å². The average molecular weight is 375 g/mol. The van der Waals surface area contributed by atoms with Crippen LogP contribution >= 0.6 is 0 Å². The molecule has 3 aromatic rings. The van der Waals surface area contributed by atoms with Crippen LogP contribution in [0.15, 0.2) is 55.4 Å². The van der Waals surface area contributed by atoms with Gasteiger partial charge in [-0.15, -0.1) is 0 Å². The summed E-state index contributed by atoms with van der Waals surface area (Å²) in [5.74, 6) is -0.768. The summed E-state index contributed by atoms with van der Waals surface area (Å²) in [4.78, 5) is 40.2. The molecule has 0 radical (unpaired) electrons. The van der Waals surface area contributed by atoms with Gasteiger partial charge in [-0.1, -0.05) is 18.2 Å². The highest BCUT2D eigenvalue weighted by atomic mass is 16.4. The minimum Gasteiger partial charge on any atom is -0.481 e. The Morgan fingerprint density at radius 3 is 2.39 bits per heavy atom. The van der Waals surface area contributed by atoms with Crippen LogP contribution in [0.3, 0.4) is 0 Å². The number of hydrogen-bond acceptors (Lipinski definition) is 7. The second-order valence-electron chi connectivity index (χ2n) is 6.73. The zero-order chi connectivity index (χ0) is 19.6. The monoisotopic (exact) mass is 375 g/mol. The first-order chi connectivity index (χ1) is 13.6. The van der Waals surface area contributed by atoms with Crippen LogP contribution in [0, 0.1) is 0 Å². The van der Waals surface area contributed by atoms with Gasteiger partial charge < -0.3 is 10.4 Å². The molecule has 0 atom stereocenters. The van der Waals surface area contributed by atoms with Gasteiger partial charge in [0, 0.05) is 35.9 Å². The quantitative estimate of drug-likeness (QED) is 0.604. The molecule has 8 heteroatoms. The van der Waals surface area contributed by atoms with Crippen LogP contribution in [0.5, 0.6) is 0 Å². The lowest BCUT2D eigenvalue weighted by Gasteiger charge is -2.16. The summed E-state index contributed by atoms with van der Waals surface area (Å²) in [6.45, 7) is 0. The number of benzene rings is 1. The number of nitrogens with one attached hydrogen (secondary N) is 1. The van der Waals surface area contributed by atoms with Crippen molar-refractivity contribution in [2.75, 3.05) is 5.32 Å². The van der Waals surface area contributed by atoms with Crippen molar-refractivity contribution in [1.29, 1.82) is 0 Å². The third-order valence-corrected chi connectivity index (χ3v) is 4.67. The summed E-state index contributed by atoms with van der Waals surface area (Å²) in [5.41, 5.74) is 2.04. The van der Waals surface area contributed by atoms with Gasteiger partial charge in [-0.2, -0.15) is 0 Å². The third-order valence-electron chi connectivity index (χ3n) is 4.67. The van der Waals surface area contributed by atoms with Crippen molar-refractivity contribution < 1.29 is 14.7 Å². The predicted molar refractivity (Wildman–Crippen MR) is 99.8 cm³/mol. The Kier molecular flexibility index (Phi) is 4.52. The van der Waals surface area contributed by atoms with Crippen LogP contribution in [-0.4, -0.2) is 36.8 Å². The number of nitrogens with zero attached hydrogens (tertiary/aromatic N) is 4. The lowest BCUT2D eigenvalue weighted by molar-refractivity contribution is -0.136. The molecule has 1 aliphatic rings. The zero-order valence-electron chi connectivity index (χ0n) is 14.9. The molecule has 0 unspecified atom stereocenters. The Morgan fingerprint density at radius 1 is 1.04 bits per heavy atom. The normalized spacial score (nSPS) is 14.3. The molecular formula is C20H17N5O3. The SMILES string of the molecule is O=C(O)Cc1cccc(C(=O)c2cnc(NC3(c4cncnc4)CC3)nc2)c1. The van der Waals surface area contributed by atoms with E-state index >= 15 is 0 Å². The first kappa shape index (κ1) is 17.7. The van der Waals surface area contributed by atoms with E-state index in [0.717, 1.165) is 18.4 Å². The molecule has 0 amide bonds. The van der Waals surface area contributed by atoms with E-state index in [1.165, 1.54) is 18.7 Å². The number of anilines is 1. The zero-order valence-corrected chi connectivity index (χ0v) is 14.9. The minimum atomic E-state index is -0.943. The van der Waals surface area contributed by atoms with E-state index < -0.39 is 5.97 Å². The third kappa shape index (κ3) is 3.71. The smallest absolute Gasteiger partial charge is 0.307 e. The highest BCUT2D eigenvalue weighted by Crippen LogP contribution is 2.47. The molecule has 0 aliphatic heterocycles. The number of ketones is 1. The summed E-state index contributed by atoms with van der Waals surface area (Å²) in [6.07, 6.45) is 9.71. The van der Waals surface area contributed by atoms with Crippen molar-refractivity contribution in [2.24, 2.45) is 0 Å². The van der Waals surface area contributed by atoms with Crippen molar-refractivity contribution in [3.05, 3.63) is 77.6 Å². The maximum absolute atomic E-state index is 12.7. The molecule has 2 heterocycles. The molecular weight excluding hydrogens is 358 g/mol. The molecule has 140 valence electrons. The number of carboxylic acid groups (broad SMARTS) is 1. The number of aromatic nitrogens is 4. The summed E-state index contributed by atoms with van der Waals surface area (Å²) in [6, 6.07) is 6.57. The van der Waals surface area contributed by atoms with Crippen LogP contribution in [0.1, 0.15) is 39.9 Å². The molecule has 4 rings (SSSR count). The molecule has 28 heavy (non-hydrogen) atoms. The van der Waals surface area contributed by atoms with Crippen LogP contribution in [0.25, 0.3) is 0 Å². The number of carboxylic acids is 1. The summed E-state index contributed by atoms with van der Waals surface area (Å²) in [5, 5.41) is 12.2. The van der Waals surface area contributed by atoms with Crippen molar-refractivity contribution in [1.82, 2.24) is 19.9 Å². The maximum Gasteiger partial charge on any atom is 0.307 e. The second kappa shape index (κ2) is 7.15. The Bertz CT molecular complexity index is 1020. The average Bonchev–Trinajstić information content (AvgIpc) is 3.49. The molecule has 1 saturated carbocycles. The standard InChI is InChI=1S/C20H17N5O3/c26-17(27)7-13-2-1-3-14(6-13)18(28)15-8-23-19(24-9-15)25-20(4-5-20)16-10-21-12-22-11-16/h1-3,6,8-12H,4-5,7H2,(H,26,27)(H,23,24,25). The Balaban J connectivity index is 1.49. The van der Waals surface area contributed by atoms with E-state index in [-0.39, 0.29) is 17.7 Å². The maximum atomic E-state index is 12.7. The predicted octanol–water partition coefficient (Wildman–Crippen LogP) is 2.23. The summed E-state index contributed by atoms with van der Waals surface area (Å²) < 4.78 is 0. The van der Waals surface area contributed by atoms with E-state index in [1.54, 1.807) is 36.7 Å². The highest BCUT2D eigenvalue weighted by Gasteiger charge is 2.45. The largest absolute Gasteiger partial charge is 0.481 e. The van der Waals surface area contributed by atoms with Gasteiger partial charge in [0.25, 0.3) is 0 Å². The van der Waals surface area contributed by atoms with Crippen molar-refractivity contribution in [3.8, 4) is 0 Å². The van der Waals surface area contributed by atoms with Gasteiger partial charge in [0.05, 0.1) is 17.5 Å². The fourth-order valence-corrected chi connectivity index (χ4v) is 3.04. The molecule has 1 aliphatic carbocycles. The van der Waals surface area contributed by atoms with Gasteiger partial charge in [0.1, 0.15) is 6.33 Å². The van der Waals surface area contributed by atoms with E-state index in [0.29, 0.717) is 22.6 Å². The van der Waals surface area contributed by atoms with Gasteiger partial charge in [-0.3, -0.25) is 9.59 Å². The number of carbonyl (C=O) groups excluding carboxylic acids is 1. The van der Waals surface area contributed by atoms with E-state index in [2.05, 4.69) is 25.3 Å². The molecule has 0 bridgehead atoms. The lowest BCUT2D eigenvalue weighted by atomic mass is 10.0. The number of hydrogen-bond donors (Lipinski definition) is 2. The topological polar surface area (TPSA) is 118 Å². The van der Waals surface area contributed by atoms with Gasteiger partial charge >= 0.3 is 5.97 Å². The van der Waals surface area contributed by atoms with Gasteiger partial charge in [0.15, 0.2) is 5.78 Å². The Hall–Kier alpha value is -3.68. The first-order valence-corrected chi connectivity index (χ1v) is 8.77. The Labute approximate surface area is 160 Å². The number of carbonyl (C=O) groups is 2. The Morgan fingerprint density at radius 2 is 1.75 bits per heavy atom. The lowest BCUT2D eigenvalue weighted by Crippen LogP contribution is -2.21. The molecule has 0 spiro atoms. The fraction of sp³-hybridized carbons (Fsp3) is 0.200. The van der Waals surface area contributed by atoms with E-state index in [1.807, 2.05) is 0 Å². The number of rotatable bonds is 7. The van der Waals surface area contributed by atoms with Gasteiger partial charge in [-0.25, -0.2) is 19.9 Å².